The Morgan fingerprint density at radius 3 is 2.89 bits per heavy atom. The number of aromatic nitrogens is 7. The molecule has 10 heteroatoms. The fourth-order valence-corrected chi connectivity index (χ4v) is 3.59. The minimum atomic E-state index is -0.113. The lowest BCUT2D eigenvalue weighted by atomic mass is 9.97. The van der Waals surface area contributed by atoms with Crippen LogP contribution in [0.15, 0.2) is 52.5 Å². The van der Waals surface area contributed by atoms with Gasteiger partial charge in [-0.3, -0.25) is 4.79 Å². The van der Waals surface area contributed by atoms with Crippen molar-refractivity contribution < 1.29 is 4.42 Å². The molecule has 0 radical (unpaired) electrons. The molecule has 0 N–H and O–H groups in total. The van der Waals surface area contributed by atoms with Gasteiger partial charge >= 0.3 is 0 Å². The van der Waals surface area contributed by atoms with Gasteiger partial charge < -0.3 is 9.32 Å². The number of hydrogen-bond donors (Lipinski definition) is 0. The van der Waals surface area contributed by atoms with Crippen molar-refractivity contribution >= 4 is 16.8 Å². The number of rotatable bonds is 4. The molecule has 5 rings (SSSR count). The molecule has 1 saturated heterocycles. The maximum absolute atomic E-state index is 12.2. The van der Waals surface area contributed by atoms with Crippen molar-refractivity contribution in [2.45, 2.75) is 19.4 Å². The monoisotopic (exact) mass is 378 g/mol. The SMILES string of the molecule is O=c1ccc(-n2cncn2)nn1CC1CCN(c2nncc3ccoc23)CC1. The first kappa shape index (κ1) is 16.6. The summed E-state index contributed by atoms with van der Waals surface area (Å²) in [5.74, 6) is 1.72. The second-order valence-electron chi connectivity index (χ2n) is 6.86. The average Bonchev–Trinajstić information content (AvgIpc) is 3.42. The Bertz CT molecular complexity index is 1140. The van der Waals surface area contributed by atoms with Crippen LogP contribution in [0, 0.1) is 5.92 Å². The van der Waals surface area contributed by atoms with E-state index in [1.807, 2.05) is 6.07 Å². The number of furan rings is 1. The highest BCUT2D eigenvalue weighted by molar-refractivity contribution is 5.86. The Hall–Kier alpha value is -3.56. The van der Waals surface area contributed by atoms with Crippen molar-refractivity contribution in [1.82, 2.24) is 34.7 Å². The molecule has 10 nitrogen and oxygen atoms in total. The zero-order valence-electron chi connectivity index (χ0n) is 15.0. The molecular weight excluding hydrogens is 360 g/mol. The first-order valence-corrected chi connectivity index (χ1v) is 9.15. The molecule has 5 heterocycles. The van der Waals surface area contributed by atoms with E-state index in [4.69, 9.17) is 4.42 Å². The van der Waals surface area contributed by atoms with Crippen LogP contribution in [-0.2, 0) is 6.54 Å². The summed E-state index contributed by atoms with van der Waals surface area (Å²) in [5, 5.41) is 17.8. The van der Waals surface area contributed by atoms with E-state index >= 15 is 0 Å². The Morgan fingerprint density at radius 2 is 2.07 bits per heavy atom. The zero-order chi connectivity index (χ0) is 18.9. The van der Waals surface area contributed by atoms with Crippen LogP contribution in [0.3, 0.4) is 0 Å². The molecule has 4 aromatic rings. The minimum Gasteiger partial charge on any atom is -0.460 e. The molecular formula is C18H18N8O2. The lowest BCUT2D eigenvalue weighted by Crippen LogP contribution is -2.37. The van der Waals surface area contributed by atoms with Gasteiger partial charge in [-0.25, -0.2) is 14.3 Å². The van der Waals surface area contributed by atoms with Crippen LogP contribution in [0.25, 0.3) is 16.8 Å². The Kier molecular flexibility index (Phi) is 4.08. The van der Waals surface area contributed by atoms with E-state index in [1.54, 1.807) is 29.5 Å². The molecule has 1 aliphatic rings. The van der Waals surface area contributed by atoms with Crippen LogP contribution >= 0.6 is 0 Å². The van der Waals surface area contributed by atoms with E-state index in [-0.39, 0.29) is 5.56 Å². The number of fused-ring (bicyclic) bond motifs is 1. The van der Waals surface area contributed by atoms with E-state index in [9.17, 15) is 4.79 Å². The van der Waals surface area contributed by atoms with Crippen molar-refractivity contribution in [2.24, 2.45) is 5.92 Å². The van der Waals surface area contributed by atoms with E-state index in [0.717, 1.165) is 42.7 Å². The van der Waals surface area contributed by atoms with Crippen LogP contribution in [0.2, 0.25) is 0 Å². The molecule has 0 aliphatic carbocycles. The van der Waals surface area contributed by atoms with Crippen LogP contribution in [0.4, 0.5) is 5.82 Å². The molecule has 0 saturated carbocycles. The summed E-state index contributed by atoms with van der Waals surface area (Å²) in [4.78, 5) is 18.3. The molecule has 0 unspecified atom stereocenters. The van der Waals surface area contributed by atoms with Crippen molar-refractivity contribution in [3.05, 3.63) is 53.7 Å². The van der Waals surface area contributed by atoms with Crippen LogP contribution in [-0.4, -0.2) is 47.8 Å². The highest BCUT2D eigenvalue weighted by Gasteiger charge is 2.24. The first-order valence-electron chi connectivity index (χ1n) is 9.15. The molecule has 142 valence electrons. The molecule has 0 spiro atoms. The largest absolute Gasteiger partial charge is 0.460 e. The number of anilines is 1. The van der Waals surface area contributed by atoms with Crippen molar-refractivity contribution in [2.75, 3.05) is 18.0 Å². The molecule has 0 bridgehead atoms. The molecule has 4 aromatic heterocycles. The Balaban J connectivity index is 1.30. The van der Waals surface area contributed by atoms with Gasteiger partial charge in [0.2, 0.25) is 0 Å². The lowest BCUT2D eigenvalue weighted by Gasteiger charge is -2.32. The zero-order valence-corrected chi connectivity index (χ0v) is 15.0. The lowest BCUT2D eigenvalue weighted by molar-refractivity contribution is 0.333. The van der Waals surface area contributed by atoms with Gasteiger partial charge in [-0.1, -0.05) is 0 Å². The summed E-state index contributed by atoms with van der Waals surface area (Å²) in [6.07, 6.45) is 8.22. The number of hydrogen-bond acceptors (Lipinski definition) is 8. The molecule has 0 amide bonds. The van der Waals surface area contributed by atoms with Crippen LogP contribution in [0.1, 0.15) is 12.8 Å². The molecule has 0 aromatic carbocycles. The third-order valence-corrected chi connectivity index (χ3v) is 5.10. The van der Waals surface area contributed by atoms with Gasteiger partial charge in [-0.05, 0) is 30.9 Å². The summed E-state index contributed by atoms with van der Waals surface area (Å²) < 4.78 is 8.64. The third kappa shape index (κ3) is 3.02. The molecule has 28 heavy (non-hydrogen) atoms. The number of piperidine rings is 1. The maximum Gasteiger partial charge on any atom is 0.266 e. The molecule has 1 aliphatic heterocycles. The summed E-state index contributed by atoms with van der Waals surface area (Å²) in [5.41, 5.74) is 0.657. The fraction of sp³-hybridized carbons (Fsp3) is 0.333. The van der Waals surface area contributed by atoms with Gasteiger partial charge in [0.05, 0.1) is 12.5 Å². The van der Waals surface area contributed by atoms with Crippen molar-refractivity contribution in [1.29, 1.82) is 0 Å². The minimum absolute atomic E-state index is 0.113. The Morgan fingerprint density at radius 1 is 1.18 bits per heavy atom. The second-order valence-corrected chi connectivity index (χ2v) is 6.86. The van der Waals surface area contributed by atoms with Gasteiger partial charge in [-0.15, -0.1) is 10.2 Å². The van der Waals surface area contributed by atoms with E-state index in [1.165, 1.54) is 17.1 Å². The smallest absolute Gasteiger partial charge is 0.266 e. The molecule has 0 atom stereocenters. The summed E-state index contributed by atoms with van der Waals surface area (Å²) in [7, 11) is 0. The van der Waals surface area contributed by atoms with Crippen LogP contribution in [0.5, 0.6) is 0 Å². The second kappa shape index (κ2) is 6.87. The maximum atomic E-state index is 12.2. The quantitative estimate of drug-likeness (QED) is 0.522. The van der Waals surface area contributed by atoms with E-state index < -0.39 is 0 Å². The van der Waals surface area contributed by atoms with E-state index in [0.29, 0.717) is 18.3 Å². The predicted molar refractivity (Wildman–Crippen MR) is 100 cm³/mol. The highest BCUT2D eigenvalue weighted by Crippen LogP contribution is 2.28. The topological polar surface area (TPSA) is 108 Å². The third-order valence-electron chi connectivity index (χ3n) is 5.10. The van der Waals surface area contributed by atoms with Gasteiger partial charge in [0.1, 0.15) is 12.7 Å². The summed E-state index contributed by atoms with van der Waals surface area (Å²) >= 11 is 0. The standard InChI is InChI=1S/C18H18N8O2/c27-16-2-1-15(26-12-19-11-21-26)23-25(16)10-13-3-6-24(7-4-13)18-17-14(5-8-28-17)9-20-22-18/h1-2,5,8-9,11-13H,3-4,6-7,10H2. The Labute approximate surface area is 159 Å². The van der Waals surface area contributed by atoms with E-state index in [2.05, 4.69) is 30.3 Å². The number of nitrogens with zero attached hydrogens (tertiary/aromatic N) is 8. The average molecular weight is 378 g/mol. The first-order chi connectivity index (χ1) is 13.8. The van der Waals surface area contributed by atoms with Crippen LogP contribution < -0.4 is 10.5 Å². The normalized spacial score (nSPS) is 15.4. The van der Waals surface area contributed by atoms with Gasteiger partial charge in [0.25, 0.3) is 5.56 Å². The predicted octanol–water partition coefficient (Wildman–Crippen LogP) is 1.28. The van der Waals surface area contributed by atoms with Gasteiger partial charge in [0, 0.05) is 31.1 Å². The fourth-order valence-electron chi connectivity index (χ4n) is 3.59. The summed E-state index contributed by atoms with van der Waals surface area (Å²) in [6.45, 7) is 2.24. The summed E-state index contributed by atoms with van der Waals surface area (Å²) in [6, 6.07) is 5.06. The van der Waals surface area contributed by atoms with Crippen molar-refractivity contribution in [3.8, 4) is 5.82 Å². The highest BCUT2D eigenvalue weighted by atomic mass is 16.3. The molecule has 1 fully saturated rings. The van der Waals surface area contributed by atoms with Gasteiger partial charge in [0.15, 0.2) is 17.2 Å². The van der Waals surface area contributed by atoms with Crippen molar-refractivity contribution in [3.63, 3.8) is 0 Å². The van der Waals surface area contributed by atoms with Gasteiger partial charge in [-0.2, -0.15) is 10.2 Å².